The van der Waals surface area contributed by atoms with Crippen LogP contribution in [0.4, 0.5) is 11.5 Å². The standard InChI is InChI=1S/C4H7N5S/c5-2-3(9-6)7-1-8-4(2)10/h1H,5-6H2,(H2,7,8,9,10). The van der Waals surface area contributed by atoms with Gasteiger partial charge in [0.1, 0.15) is 11.5 Å². The van der Waals surface area contributed by atoms with E-state index < -0.39 is 0 Å². The van der Waals surface area contributed by atoms with Gasteiger partial charge in [-0.15, -0.1) is 0 Å². The largest absolute Gasteiger partial charge is 0.393 e. The molecule has 0 atom stereocenters. The zero-order valence-corrected chi connectivity index (χ0v) is 5.90. The molecule has 0 aliphatic rings. The van der Waals surface area contributed by atoms with Gasteiger partial charge in [0.15, 0.2) is 4.64 Å². The average molecular weight is 157 g/mol. The summed E-state index contributed by atoms with van der Waals surface area (Å²) in [5.41, 5.74) is 8.16. The van der Waals surface area contributed by atoms with Crippen molar-refractivity contribution in [2.75, 3.05) is 11.2 Å². The van der Waals surface area contributed by atoms with Crippen molar-refractivity contribution in [2.24, 2.45) is 5.84 Å². The summed E-state index contributed by atoms with van der Waals surface area (Å²) < 4.78 is 0.340. The van der Waals surface area contributed by atoms with Crippen molar-refractivity contribution in [2.45, 2.75) is 0 Å². The van der Waals surface area contributed by atoms with Gasteiger partial charge in [-0.3, -0.25) is 0 Å². The molecular formula is C4H7N5S. The molecule has 0 saturated carbocycles. The van der Waals surface area contributed by atoms with Gasteiger partial charge in [-0.25, -0.2) is 10.8 Å². The SMILES string of the molecule is NNc1[nH]cnc(=S)c1N. The number of hydrazine groups is 1. The molecule has 0 aromatic carbocycles. The maximum absolute atomic E-state index is 5.45. The molecule has 0 fully saturated rings. The fraction of sp³-hybridized carbons (Fsp3) is 0. The highest BCUT2D eigenvalue weighted by Crippen LogP contribution is 2.11. The molecule has 1 rings (SSSR count). The van der Waals surface area contributed by atoms with Gasteiger partial charge in [0.2, 0.25) is 0 Å². The molecule has 0 spiro atoms. The van der Waals surface area contributed by atoms with Crippen molar-refractivity contribution in [3.63, 3.8) is 0 Å². The van der Waals surface area contributed by atoms with E-state index in [1.54, 1.807) is 0 Å². The zero-order chi connectivity index (χ0) is 7.56. The van der Waals surface area contributed by atoms with Gasteiger partial charge in [0.25, 0.3) is 0 Å². The van der Waals surface area contributed by atoms with E-state index in [2.05, 4.69) is 15.4 Å². The Kier molecular flexibility index (Phi) is 1.83. The Morgan fingerprint density at radius 3 is 2.90 bits per heavy atom. The van der Waals surface area contributed by atoms with Gasteiger partial charge in [-0.1, -0.05) is 12.2 Å². The molecule has 5 nitrogen and oxygen atoms in total. The monoisotopic (exact) mass is 157 g/mol. The van der Waals surface area contributed by atoms with Crippen LogP contribution in [0.3, 0.4) is 0 Å². The molecular weight excluding hydrogens is 150 g/mol. The molecule has 0 aliphatic carbocycles. The summed E-state index contributed by atoms with van der Waals surface area (Å²) >= 11 is 4.76. The van der Waals surface area contributed by atoms with E-state index in [0.29, 0.717) is 16.1 Å². The van der Waals surface area contributed by atoms with Crippen LogP contribution in [0.15, 0.2) is 6.33 Å². The van der Waals surface area contributed by atoms with Crippen LogP contribution in [0, 0.1) is 4.64 Å². The molecule has 1 aromatic rings. The summed E-state index contributed by atoms with van der Waals surface area (Å²) in [4.78, 5) is 6.41. The Balaban J connectivity index is 3.28. The van der Waals surface area contributed by atoms with Crippen LogP contribution in [0.2, 0.25) is 0 Å². The lowest BCUT2D eigenvalue weighted by molar-refractivity contribution is 1.13. The summed E-state index contributed by atoms with van der Waals surface area (Å²) in [5, 5.41) is 0. The third-order valence-electron chi connectivity index (χ3n) is 1.03. The second-order valence-electron chi connectivity index (χ2n) is 1.64. The first kappa shape index (κ1) is 6.97. The third kappa shape index (κ3) is 1.07. The highest BCUT2D eigenvalue weighted by atomic mass is 32.1. The molecule has 0 unspecified atom stereocenters. The fourth-order valence-electron chi connectivity index (χ4n) is 0.529. The number of anilines is 2. The molecule has 54 valence electrons. The second-order valence-corrected chi connectivity index (χ2v) is 2.03. The molecule has 0 amide bonds. The Hall–Kier alpha value is -1.14. The van der Waals surface area contributed by atoms with Gasteiger partial charge in [-0.05, 0) is 0 Å². The molecule has 1 heterocycles. The normalized spacial score (nSPS) is 9.30. The maximum atomic E-state index is 5.45. The molecule has 0 bridgehead atoms. The minimum atomic E-state index is 0.340. The highest BCUT2D eigenvalue weighted by molar-refractivity contribution is 7.71. The van der Waals surface area contributed by atoms with Crippen molar-refractivity contribution < 1.29 is 0 Å². The lowest BCUT2D eigenvalue weighted by Gasteiger charge is -2.01. The fourth-order valence-corrected chi connectivity index (χ4v) is 0.684. The van der Waals surface area contributed by atoms with Crippen LogP contribution in [-0.4, -0.2) is 9.97 Å². The summed E-state index contributed by atoms with van der Waals surface area (Å²) in [6.07, 6.45) is 1.42. The number of rotatable bonds is 1. The molecule has 1 aromatic heterocycles. The number of nitrogen functional groups attached to an aromatic ring is 2. The number of nitrogens with two attached hydrogens (primary N) is 2. The smallest absolute Gasteiger partial charge is 0.154 e. The van der Waals surface area contributed by atoms with E-state index in [4.69, 9.17) is 23.8 Å². The van der Waals surface area contributed by atoms with E-state index in [0.717, 1.165) is 0 Å². The quantitative estimate of drug-likeness (QED) is 0.262. The van der Waals surface area contributed by atoms with Crippen molar-refractivity contribution in [3.05, 3.63) is 11.0 Å². The third-order valence-corrected chi connectivity index (χ3v) is 1.36. The predicted octanol–water partition coefficient (Wildman–Crippen LogP) is 0.00699. The maximum Gasteiger partial charge on any atom is 0.154 e. The van der Waals surface area contributed by atoms with Crippen molar-refractivity contribution >= 4 is 23.7 Å². The molecule has 0 aliphatic heterocycles. The van der Waals surface area contributed by atoms with E-state index in [1.165, 1.54) is 6.33 Å². The van der Waals surface area contributed by atoms with E-state index in [-0.39, 0.29) is 0 Å². The van der Waals surface area contributed by atoms with Gasteiger partial charge in [0.05, 0.1) is 6.33 Å². The molecule has 0 saturated heterocycles. The predicted molar refractivity (Wildman–Crippen MR) is 41.6 cm³/mol. The van der Waals surface area contributed by atoms with Crippen LogP contribution in [-0.2, 0) is 0 Å². The highest BCUT2D eigenvalue weighted by Gasteiger charge is 1.96. The van der Waals surface area contributed by atoms with Crippen LogP contribution < -0.4 is 17.0 Å². The van der Waals surface area contributed by atoms with Crippen LogP contribution in [0.1, 0.15) is 0 Å². The first-order chi connectivity index (χ1) is 4.75. The Bertz CT molecular complexity index is 279. The molecule has 0 radical (unpaired) electrons. The first-order valence-electron chi connectivity index (χ1n) is 2.55. The topological polar surface area (TPSA) is 92.7 Å². The van der Waals surface area contributed by atoms with Gasteiger partial charge < -0.3 is 16.1 Å². The summed E-state index contributed by atoms with van der Waals surface area (Å²) in [7, 11) is 0. The van der Waals surface area contributed by atoms with Gasteiger partial charge >= 0.3 is 0 Å². The van der Waals surface area contributed by atoms with Crippen molar-refractivity contribution in [1.82, 2.24) is 9.97 Å². The lowest BCUT2D eigenvalue weighted by atomic mass is 10.5. The number of nitrogens with one attached hydrogen (secondary N) is 2. The van der Waals surface area contributed by atoms with Crippen molar-refractivity contribution in [1.29, 1.82) is 0 Å². The number of H-pyrrole nitrogens is 1. The lowest BCUT2D eigenvalue weighted by Crippen LogP contribution is -2.11. The van der Waals surface area contributed by atoms with Gasteiger partial charge in [-0.2, -0.15) is 0 Å². The minimum Gasteiger partial charge on any atom is -0.393 e. The van der Waals surface area contributed by atoms with Crippen LogP contribution in [0.25, 0.3) is 0 Å². The molecule has 6 heteroatoms. The van der Waals surface area contributed by atoms with Crippen LogP contribution >= 0.6 is 12.2 Å². The second kappa shape index (κ2) is 2.63. The number of aromatic amines is 1. The zero-order valence-electron chi connectivity index (χ0n) is 5.09. The van der Waals surface area contributed by atoms with Gasteiger partial charge in [0, 0.05) is 0 Å². The number of hydrogen-bond acceptors (Lipinski definition) is 5. The Labute approximate surface area is 62.4 Å². The summed E-state index contributed by atoms with van der Waals surface area (Å²) in [6, 6.07) is 0. The summed E-state index contributed by atoms with van der Waals surface area (Å²) in [6.45, 7) is 0. The van der Waals surface area contributed by atoms with E-state index >= 15 is 0 Å². The average Bonchev–Trinajstić information content (AvgIpc) is 1.95. The number of hydrogen-bond donors (Lipinski definition) is 4. The minimum absolute atomic E-state index is 0.340. The summed E-state index contributed by atoms with van der Waals surface area (Å²) in [5.74, 6) is 5.57. The number of nitrogens with zero attached hydrogens (tertiary/aromatic N) is 1. The van der Waals surface area contributed by atoms with Crippen molar-refractivity contribution in [3.8, 4) is 0 Å². The van der Waals surface area contributed by atoms with Crippen LogP contribution in [0.5, 0.6) is 0 Å². The van der Waals surface area contributed by atoms with E-state index in [1.807, 2.05) is 0 Å². The first-order valence-corrected chi connectivity index (χ1v) is 2.96. The molecule has 6 N–H and O–H groups in total. The Morgan fingerprint density at radius 1 is 1.70 bits per heavy atom. The number of aromatic nitrogens is 2. The Morgan fingerprint density at radius 2 is 2.40 bits per heavy atom. The van der Waals surface area contributed by atoms with E-state index in [9.17, 15) is 0 Å². The molecule has 10 heavy (non-hydrogen) atoms.